The van der Waals surface area contributed by atoms with Crippen molar-refractivity contribution in [1.29, 1.82) is 0 Å². The monoisotopic (exact) mass is 374 g/mol. The van der Waals surface area contributed by atoms with Gasteiger partial charge in [0.1, 0.15) is 22.7 Å². The number of aromatic carboxylic acids is 1. The quantitative estimate of drug-likeness (QED) is 0.485. The molecule has 0 radical (unpaired) electrons. The van der Waals surface area contributed by atoms with Gasteiger partial charge in [-0.1, -0.05) is 38.8 Å². The van der Waals surface area contributed by atoms with Crippen molar-refractivity contribution >= 4 is 5.97 Å². The smallest absolute Gasteiger partial charge is 0.339 e. The molecule has 0 unspecified atom stereocenters. The zero-order valence-corrected chi connectivity index (χ0v) is 16.3. The molecule has 4 heteroatoms. The van der Waals surface area contributed by atoms with E-state index in [0.717, 1.165) is 32.1 Å². The van der Waals surface area contributed by atoms with Gasteiger partial charge in [0.15, 0.2) is 0 Å². The number of carbonyl (C=O) groups is 1. The van der Waals surface area contributed by atoms with Gasteiger partial charge in [-0.3, -0.25) is 0 Å². The molecule has 0 spiro atoms. The lowest BCUT2D eigenvalue weighted by atomic mass is 9.67. The van der Waals surface area contributed by atoms with Crippen LogP contribution >= 0.6 is 0 Å². The molecule has 1 aliphatic heterocycles. The van der Waals surface area contributed by atoms with Crippen molar-refractivity contribution in [2.24, 2.45) is 5.92 Å². The Morgan fingerprint density at radius 1 is 1.33 bits per heavy atom. The van der Waals surface area contributed by atoms with Gasteiger partial charge < -0.3 is 14.9 Å². The van der Waals surface area contributed by atoms with Gasteiger partial charge in [-0.2, -0.15) is 0 Å². The molecule has 0 fully saturated rings. The van der Waals surface area contributed by atoms with Gasteiger partial charge in [0.25, 0.3) is 0 Å². The van der Waals surface area contributed by atoms with E-state index in [9.17, 15) is 15.0 Å². The van der Waals surface area contributed by atoms with E-state index in [-0.39, 0.29) is 36.2 Å². The zero-order valence-electron chi connectivity index (χ0n) is 16.3. The molecule has 0 aromatic heterocycles. The number of hydrogen-bond acceptors (Lipinski definition) is 3. The van der Waals surface area contributed by atoms with Gasteiger partial charge in [0.05, 0.1) is 0 Å². The third kappa shape index (κ3) is 3.85. The molecule has 27 heavy (non-hydrogen) atoms. The molecule has 2 N–H and O–H groups in total. The van der Waals surface area contributed by atoms with Gasteiger partial charge >= 0.3 is 5.97 Å². The number of fused-ring (bicyclic) bond motifs is 3. The Labute approximate surface area is 163 Å². The highest BCUT2D eigenvalue weighted by Gasteiger charge is 2.46. The second-order valence-corrected chi connectivity index (χ2v) is 8.32. The molecule has 1 aliphatic carbocycles. The second kappa shape index (κ2) is 7.95. The van der Waals surface area contributed by atoms with Crippen LogP contribution in [0.15, 0.2) is 17.7 Å². The summed E-state index contributed by atoms with van der Waals surface area (Å²) in [6.07, 6.45) is 7.85. The molecule has 1 heterocycles. The van der Waals surface area contributed by atoms with E-state index in [4.69, 9.17) is 4.74 Å². The zero-order chi connectivity index (χ0) is 19.1. The first kappa shape index (κ1) is 21.3. The average Bonchev–Trinajstić information content (AvgIpc) is 2.53. The summed E-state index contributed by atoms with van der Waals surface area (Å²) >= 11 is 0. The Morgan fingerprint density at radius 2 is 2.04 bits per heavy atom. The maximum absolute atomic E-state index is 11.9. The first-order chi connectivity index (χ1) is 12.3. The molecule has 0 saturated carbocycles. The van der Waals surface area contributed by atoms with Gasteiger partial charge in [0, 0.05) is 17.4 Å². The lowest BCUT2D eigenvalue weighted by molar-refractivity contribution is 0.0106. The lowest BCUT2D eigenvalue weighted by Crippen LogP contribution is -2.45. The van der Waals surface area contributed by atoms with Crippen LogP contribution in [0.3, 0.4) is 0 Å². The van der Waals surface area contributed by atoms with Gasteiger partial charge in [-0.05, 0) is 58.1 Å². The predicted molar refractivity (Wildman–Crippen MR) is 109 cm³/mol. The van der Waals surface area contributed by atoms with Crippen molar-refractivity contribution in [2.45, 2.75) is 85.2 Å². The molecule has 1 aromatic rings. The van der Waals surface area contributed by atoms with Crippen LogP contribution in [-0.4, -0.2) is 21.8 Å². The SMILES string of the molecule is C.CCCCCc1cc2c(c(O)c1C(=O)O)[C@@H]1C=C(C)CC[C@H]1C(C)(C)O2. The Hall–Kier alpha value is -1.97. The summed E-state index contributed by atoms with van der Waals surface area (Å²) in [5.41, 5.74) is 2.34. The van der Waals surface area contributed by atoms with Crippen LogP contribution in [-0.2, 0) is 6.42 Å². The molecule has 4 nitrogen and oxygen atoms in total. The van der Waals surface area contributed by atoms with Crippen molar-refractivity contribution in [3.63, 3.8) is 0 Å². The summed E-state index contributed by atoms with van der Waals surface area (Å²) in [6, 6.07) is 1.86. The third-order valence-corrected chi connectivity index (χ3v) is 5.99. The first-order valence-corrected chi connectivity index (χ1v) is 9.74. The van der Waals surface area contributed by atoms with E-state index < -0.39 is 5.97 Å². The number of unbranched alkanes of at least 4 members (excludes halogenated alkanes) is 2. The fourth-order valence-corrected chi connectivity index (χ4v) is 4.61. The van der Waals surface area contributed by atoms with Crippen molar-refractivity contribution < 1.29 is 19.7 Å². The van der Waals surface area contributed by atoms with Gasteiger partial charge in [-0.15, -0.1) is 0 Å². The summed E-state index contributed by atoms with van der Waals surface area (Å²) in [5.74, 6) is -0.272. The minimum atomic E-state index is -1.06. The Kier molecular flexibility index (Phi) is 6.28. The van der Waals surface area contributed by atoms with Crippen LogP contribution in [0.2, 0.25) is 0 Å². The highest BCUT2D eigenvalue weighted by molar-refractivity contribution is 5.94. The molecule has 0 bridgehead atoms. The number of ether oxygens (including phenoxy) is 1. The fraction of sp³-hybridized carbons (Fsp3) is 0.609. The van der Waals surface area contributed by atoms with Crippen molar-refractivity contribution in [3.8, 4) is 11.5 Å². The largest absolute Gasteiger partial charge is 0.507 e. The van der Waals surface area contributed by atoms with E-state index >= 15 is 0 Å². The van der Waals surface area contributed by atoms with Crippen molar-refractivity contribution in [3.05, 3.63) is 34.4 Å². The number of hydrogen-bond donors (Lipinski definition) is 2. The number of carboxylic acid groups (broad SMARTS) is 1. The maximum atomic E-state index is 11.9. The minimum Gasteiger partial charge on any atom is -0.507 e. The Bertz CT molecular complexity index is 745. The number of rotatable bonds is 5. The van der Waals surface area contributed by atoms with E-state index in [0.29, 0.717) is 23.3 Å². The summed E-state index contributed by atoms with van der Waals surface area (Å²) < 4.78 is 6.30. The number of carboxylic acids is 1. The topological polar surface area (TPSA) is 66.8 Å². The molecule has 1 aromatic carbocycles. The normalized spacial score (nSPS) is 22.6. The Morgan fingerprint density at radius 3 is 2.67 bits per heavy atom. The number of aromatic hydroxyl groups is 1. The van der Waals surface area contributed by atoms with Crippen LogP contribution in [0, 0.1) is 5.92 Å². The van der Waals surface area contributed by atoms with E-state index in [1.54, 1.807) is 0 Å². The van der Waals surface area contributed by atoms with Crippen LogP contribution in [0.25, 0.3) is 0 Å². The number of phenols is 1. The van der Waals surface area contributed by atoms with Gasteiger partial charge in [0.2, 0.25) is 0 Å². The van der Waals surface area contributed by atoms with Crippen LogP contribution < -0.4 is 4.74 Å². The van der Waals surface area contributed by atoms with Crippen LogP contribution in [0.4, 0.5) is 0 Å². The summed E-state index contributed by atoms with van der Waals surface area (Å²) in [7, 11) is 0. The first-order valence-electron chi connectivity index (χ1n) is 9.74. The molecular weight excluding hydrogens is 340 g/mol. The fourth-order valence-electron chi connectivity index (χ4n) is 4.61. The van der Waals surface area contributed by atoms with Crippen molar-refractivity contribution in [2.75, 3.05) is 0 Å². The Balaban J connectivity index is 0.00000261. The highest BCUT2D eigenvalue weighted by Crippen LogP contribution is 2.54. The molecule has 3 rings (SSSR count). The molecule has 2 aliphatic rings. The van der Waals surface area contributed by atoms with Gasteiger partial charge in [-0.25, -0.2) is 4.79 Å². The highest BCUT2D eigenvalue weighted by atomic mass is 16.5. The predicted octanol–water partition coefficient (Wildman–Crippen LogP) is 6.07. The number of aryl methyl sites for hydroxylation is 1. The molecule has 150 valence electrons. The summed E-state index contributed by atoms with van der Waals surface area (Å²) in [5, 5.41) is 20.7. The average molecular weight is 375 g/mol. The third-order valence-electron chi connectivity index (χ3n) is 5.99. The van der Waals surface area contributed by atoms with Crippen molar-refractivity contribution in [1.82, 2.24) is 0 Å². The molecular formula is C23H34O4. The van der Waals surface area contributed by atoms with Crippen LogP contribution in [0.1, 0.15) is 94.6 Å². The summed E-state index contributed by atoms with van der Waals surface area (Å²) in [6.45, 7) is 8.42. The minimum absolute atomic E-state index is 0. The lowest BCUT2D eigenvalue weighted by Gasteiger charge is -2.46. The number of allylic oxidation sites excluding steroid dienone is 2. The van der Waals surface area contributed by atoms with Crippen LogP contribution in [0.5, 0.6) is 11.5 Å². The maximum Gasteiger partial charge on any atom is 0.339 e. The molecule has 0 amide bonds. The van der Waals surface area contributed by atoms with E-state index in [1.807, 2.05) is 6.07 Å². The standard InChI is InChI=1S/C22H30O4.CH4/c1-5-6-7-8-14-12-17-19(20(23)18(14)21(24)25)15-11-13(2)9-10-16(15)22(3,4)26-17;/h11-12,15-16,23H,5-10H2,1-4H3,(H,24,25);1H4/t15-,16-;/m1./s1. The summed E-state index contributed by atoms with van der Waals surface area (Å²) in [4.78, 5) is 11.9. The molecule has 2 atom stereocenters. The number of benzene rings is 1. The van der Waals surface area contributed by atoms with E-state index in [1.165, 1.54) is 5.57 Å². The van der Waals surface area contributed by atoms with E-state index in [2.05, 4.69) is 33.8 Å². The second-order valence-electron chi connectivity index (χ2n) is 8.32. The molecule has 0 saturated heterocycles.